The molecule has 0 unspecified atom stereocenters. The highest BCUT2D eigenvalue weighted by atomic mass is 19.4. The maximum absolute atomic E-state index is 12.8. The van der Waals surface area contributed by atoms with E-state index in [1.54, 1.807) is 6.07 Å². The van der Waals surface area contributed by atoms with Gasteiger partial charge in [-0.05, 0) is 30.0 Å². The van der Waals surface area contributed by atoms with E-state index in [9.17, 15) is 22.4 Å². The molecule has 1 aromatic carbocycles. The van der Waals surface area contributed by atoms with Gasteiger partial charge in [0.25, 0.3) is 0 Å². The van der Waals surface area contributed by atoms with Gasteiger partial charge in [-0.2, -0.15) is 18.4 Å². The van der Waals surface area contributed by atoms with Crippen LogP contribution in [-0.4, -0.2) is 30.1 Å². The number of halogens is 4. The van der Waals surface area contributed by atoms with E-state index in [2.05, 4.69) is 0 Å². The first-order valence-electron chi connectivity index (χ1n) is 6.80. The zero-order valence-electron chi connectivity index (χ0n) is 11.6. The molecule has 3 nitrogen and oxygen atoms in total. The van der Waals surface area contributed by atoms with Gasteiger partial charge in [0.15, 0.2) is 0 Å². The predicted molar refractivity (Wildman–Crippen MR) is 70.1 cm³/mol. The Labute approximate surface area is 125 Å². The van der Waals surface area contributed by atoms with Crippen LogP contribution in [0.25, 0.3) is 0 Å². The van der Waals surface area contributed by atoms with Gasteiger partial charge in [0, 0.05) is 12.5 Å². The summed E-state index contributed by atoms with van der Waals surface area (Å²) in [6, 6.07) is 7.35. The van der Waals surface area contributed by atoms with Crippen LogP contribution in [0.5, 0.6) is 0 Å². The van der Waals surface area contributed by atoms with Gasteiger partial charge in [-0.25, -0.2) is 4.39 Å². The number of nitriles is 1. The van der Waals surface area contributed by atoms with Crippen molar-refractivity contribution in [3.05, 3.63) is 35.6 Å². The van der Waals surface area contributed by atoms with Gasteiger partial charge >= 0.3 is 6.18 Å². The normalized spacial score (nSPS) is 20.3. The summed E-state index contributed by atoms with van der Waals surface area (Å²) in [5.74, 6) is -1.70. The summed E-state index contributed by atoms with van der Waals surface area (Å²) >= 11 is 0. The minimum atomic E-state index is -4.49. The second-order valence-electron chi connectivity index (χ2n) is 5.28. The summed E-state index contributed by atoms with van der Waals surface area (Å²) in [6.07, 6.45) is -4.19. The van der Waals surface area contributed by atoms with Gasteiger partial charge in [-0.1, -0.05) is 12.1 Å². The molecule has 2 rings (SSSR count). The quantitative estimate of drug-likeness (QED) is 0.783. The van der Waals surface area contributed by atoms with Crippen molar-refractivity contribution >= 4 is 5.91 Å². The number of nitrogens with zero attached hydrogens (tertiary/aromatic N) is 2. The van der Waals surface area contributed by atoms with Crippen molar-refractivity contribution < 1.29 is 22.4 Å². The maximum atomic E-state index is 12.8. The summed E-state index contributed by atoms with van der Waals surface area (Å²) in [5, 5.41) is 8.50. The highest BCUT2D eigenvalue weighted by Crippen LogP contribution is 2.48. The molecule has 22 heavy (non-hydrogen) atoms. The molecule has 0 bridgehead atoms. The average molecular weight is 314 g/mol. The van der Waals surface area contributed by atoms with Gasteiger partial charge in [-0.15, -0.1) is 0 Å². The first-order valence-corrected chi connectivity index (χ1v) is 6.80. The third kappa shape index (κ3) is 4.20. The van der Waals surface area contributed by atoms with Gasteiger partial charge in [0.05, 0.1) is 12.5 Å². The Morgan fingerprint density at radius 1 is 1.32 bits per heavy atom. The third-order valence-corrected chi connectivity index (χ3v) is 3.58. The van der Waals surface area contributed by atoms with E-state index < -0.39 is 30.4 Å². The fraction of sp³-hybridized carbons (Fsp3) is 0.467. The zero-order valence-corrected chi connectivity index (χ0v) is 11.6. The van der Waals surface area contributed by atoms with Crippen LogP contribution in [0.15, 0.2) is 24.3 Å². The van der Waals surface area contributed by atoms with E-state index in [0.29, 0.717) is 11.3 Å². The Balaban J connectivity index is 2.02. The van der Waals surface area contributed by atoms with Crippen LogP contribution in [0, 0.1) is 23.1 Å². The number of rotatable bonds is 5. The molecule has 1 aromatic rings. The molecular formula is C15H14F4N2O. The van der Waals surface area contributed by atoms with E-state index in [1.807, 2.05) is 0 Å². The van der Waals surface area contributed by atoms with Crippen LogP contribution in [0.4, 0.5) is 17.6 Å². The maximum Gasteiger partial charge on any atom is 0.406 e. The van der Waals surface area contributed by atoms with Crippen LogP contribution in [0.2, 0.25) is 0 Å². The lowest BCUT2D eigenvalue weighted by Gasteiger charge is -2.23. The van der Waals surface area contributed by atoms with Crippen LogP contribution >= 0.6 is 0 Å². The molecule has 1 saturated carbocycles. The molecule has 7 heteroatoms. The van der Waals surface area contributed by atoms with E-state index in [0.717, 1.165) is 5.56 Å². The first kappa shape index (κ1) is 16.3. The molecular weight excluding hydrogens is 300 g/mol. The molecule has 0 spiro atoms. The number of carbonyl (C=O) groups is 1. The lowest BCUT2D eigenvalue weighted by Crippen LogP contribution is -2.40. The van der Waals surface area contributed by atoms with Crippen molar-refractivity contribution in [2.24, 2.45) is 5.92 Å². The molecule has 2 atom stereocenters. The Kier molecular flexibility index (Phi) is 4.69. The molecule has 1 fully saturated rings. The van der Waals surface area contributed by atoms with Crippen molar-refractivity contribution in [1.29, 1.82) is 5.26 Å². The van der Waals surface area contributed by atoms with Crippen LogP contribution in [0.1, 0.15) is 24.3 Å². The number of carbonyl (C=O) groups excluding carboxylic acids is 1. The average Bonchev–Trinajstić information content (AvgIpc) is 3.22. The highest BCUT2D eigenvalue weighted by Gasteiger charge is 2.47. The van der Waals surface area contributed by atoms with Crippen LogP contribution < -0.4 is 0 Å². The largest absolute Gasteiger partial charge is 0.406 e. The van der Waals surface area contributed by atoms with Crippen molar-refractivity contribution in [2.75, 3.05) is 13.1 Å². The van der Waals surface area contributed by atoms with E-state index in [-0.39, 0.29) is 18.9 Å². The standard InChI is InChI=1S/C15H14F4N2O/c16-11-4-2-10(3-5-11)12-8-13(12)14(22)21(7-1-6-20)9-15(17,18)19/h2-5,12-13H,1,7-9H2/t12-,13-/m1/s1. The molecule has 118 valence electrons. The molecule has 0 aliphatic heterocycles. The van der Waals surface area contributed by atoms with Crippen LogP contribution in [0.3, 0.4) is 0 Å². The van der Waals surface area contributed by atoms with Crippen molar-refractivity contribution in [3.63, 3.8) is 0 Å². The second-order valence-corrected chi connectivity index (χ2v) is 5.28. The number of hydrogen-bond donors (Lipinski definition) is 0. The minimum Gasteiger partial charge on any atom is -0.332 e. The minimum absolute atomic E-state index is 0.143. The number of benzene rings is 1. The third-order valence-electron chi connectivity index (χ3n) is 3.58. The number of alkyl halides is 3. The molecule has 0 radical (unpaired) electrons. The second kappa shape index (κ2) is 6.34. The smallest absolute Gasteiger partial charge is 0.332 e. The van der Waals surface area contributed by atoms with Gasteiger partial charge < -0.3 is 4.90 Å². The molecule has 0 saturated heterocycles. The monoisotopic (exact) mass is 314 g/mol. The van der Waals surface area contributed by atoms with Gasteiger partial charge in [0.2, 0.25) is 5.91 Å². The van der Waals surface area contributed by atoms with Crippen molar-refractivity contribution in [2.45, 2.75) is 24.9 Å². The van der Waals surface area contributed by atoms with E-state index >= 15 is 0 Å². The Hall–Kier alpha value is -2.10. The topological polar surface area (TPSA) is 44.1 Å². The molecule has 0 aromatic heterocycles. The van der Waals surface area contributed by atoms with Crippen LogP contribution in [-0.2, 0) is 4.79 Å². The first-order chi connectivity index (χ1) is 10.3. The lowest BCUT2D eigenvalue weighted by molar-refractivity contribution is -0.162. The molecule has 1 aliphatic carbocycles. The Morgan fingerprint density at radius 3 is 2.50 bits per heavy atom. The van der Waals surface area contributed by atoms with E-state index in [4.69, 9.17) is 5.26 Å². The van der Waals surface area contributed by atoms with E-state index in [1.165, 1.54) is 24.3 Å². The SMILES string of the molecule is N#CCCN(CC(F)(F)F)C(=O)[C@@H]1C[C@@H]1c1ccc(F)cc1. The Morgan fingerprint density at radius 2 is 1.95 bits per heavy atom. The summed E-state index contributed by atoms with van der Waals surface area (Å²) < 4.78 is 50.4. The van der Waals surface area contributed by atoms with Crippen molar-refractivity contribution in [3.8, 4) is 6.07 Å². The number of hydrogen-bond acceptors (Lipinski definition) is 2. The van der Waals surface area contributed by atoms with Gasteiger partial charge in [-0.3, -0.25) is 4.79 Å². The number of amides is 1. The van der Waals surface area contributed by atoms with Gasteiger partial charge in [0.1, 0.15) is 12.4 Å². The summed E-state index contributed by atoms with van der Waals surface area (Å²) in [7, 11) is 0. The zero-order chi connectivity index (χ0) is 16.3. The highest BCUT2D eigenvalue weighted by molar-refractivity contribution is 5.83. The summed E-state index contributed by atoms with van der Waals surface area (Å²) in [5.41, 5.74) is 0.743. The predicted octanol–water partition coefficient (Wildman–Crippen LogP) is 3.23. The molecule has 1 aliphatic rings. The molecule has 0 N–H and O–H groups in total. The summed E-state index contributed by atoms with van der Waals surface area (Å²) in [4.78, 5) is 12.9. The fourth-order valence-corrected chi connectivity index (χ4v) is 2.45. The fourth-order valence-electron chi connectivity index (χ4n) is 2.45. The Bertz CT molecular complexity index is 577. The molecule has 1 amide bonds. The summed E-state index contributed by atoms with van der Waals surface area (Å²) in [6.45, 7) is -1.58. The molecule has 0 heterocycles. The lowest BCUT2D eigenvalue weighted by atomic mass is 10.1. The van der Waals surface area contributed by atoms with Crippen molar-refractivity contribution in [1.82, 2.24) is 4.90 Å².